The number of oxazole rings is 1. The molecule has 1 aromatic heterocycles. The second-order valence-corrected chi connectivity index (χ2v) is 4.34. The van der Waals surface area contributed by atoms with Gasteiger partial charge in [0.05, 0.1) is 6.07 Å². The number of fused-ring (bicyclic) bond motifs is 1. The van der Waals surface area contributed by atoms with Crippen LogP contribution >= 0.6 is 0 Å². The van der Waals surface area contributed by atoms with Crippen molar-refractivity contribution >= 4 is 17.0 Å². The molecule has 0 saturated carbocycles. The number of carbonyl (C=O) groups is 1. The van der Waals surface area contributed by atoms with Crippen molar-refractivity contribution in [3.8, 4) is 6.07 Å². The second kappa shape index (κ2) is 5.53. The molecule has 1 aromatic carbocycles. The number of nitrogens with zero attached hydrogens (tertiary/aromatic N) is 2. The number of rotatable bonds is 4. The zero-order valence-corrected chi connectivity index (χ0v) is 10.9. The molecule has 98 valence electrons. The first-order chi connectivity index (χ1) is 9.13. The van der Waals surface area contributed by atoms with E-state index in [0.29, 0.717) is 24.4 Å². The predicted molar refractivity (Wildman–Crippen MR) is 70.0 cm³/mol. The summed E-state index contributed by atoms with van der Waals surface area (Å²) in [7, 11) is 0. The lowest BCUT2D eigenvalue weighted by molar-refractivity contribution is -0.123. The van der Waals surface area contributed by atoms with E-state index in [-0.39, 0.29) is 5.91 Å². The summed E-state index contributed by atoms with van der Waals surface area (Å²) in [5.41, 5.74) is 2.43. The maximum Gasteiger partial charge on any atom is 0.237 e. The molecule has 0 saturated heterocycles. The van der Waals surface area contributed by atoms with Crippen LogP contribution in [0.5, 0.6) is 0 Å². The lowest BCUT2D eigenvalue weighted by atomic mass is 10.1. The Morgan fingerprint density at radius 3 is 3.05 bits per heavy atom. The highest BCUT2D eigenvalue weighted by Crippen LogP contribution is 2.16. The molecule has 5 nitrogen and oxygen atoms in total. The molecule has 1 unspecified atom stereocenters. The van der Waals surface area contributed by atoms with Gasteiger partial charge in [0, 0.05) is 13.5 Å². The summed E-state index contributed by atoms with van der Waals surface area (Å²) >= 11 is 0. The fourth-order valence-electron chi connectivity index (χ4n) is 1.84. The van der Waals surface area contributed by atoms with Crippen LogP contribution in [-0.2, 0) is 11.3 Å². The highest BCUT2D eigenvalue weighted by molar-refractivity contribution is 5.81. The predicted octanol–water partition coefficient (Wildman–Crippen LogP) is 2.30. The molecule has 19 heavy (non-hydrogen) atoms. The Bertz CT molecular complexity index is 640. The van der Waals surface area contributed by atoms with Crippen molar-refractivity contribution in [1.29, 1.82) is 5.26 Å². The zero-order valence-electron chi connectivity index (χ0n) is 10.9. The summed E-state index contributed by atoms with van der Waals surface area (Å²) in [5.74, 6) is -0.207. The van der Waals surface area contributed by atoms with Gasteiger partial charge < -0.3 is 9.73 Å². The fourth-order valence-corrected chi connectivity index (χ4v) is 1.84. The van der Waals surface area contributed by atoms with Gasteiger partial charge in [0.25, 0.3) is 0 Å². The van der Waals surface area contributed by atoms with Crippen molar-refractivity contribution in [3.05, 3.63) is 29.7 Å². The first-order valence-corrected chi connectivity index (χ1v) is 6.17. The van der Waals surface area contributed by atoms with E-state index in [2.05, 4.69) is 10.3 Å². The smallest absolute Gasteiger partial charge is 0.237 e. The van der Waals surface area contributed by atoms with Crippen LogP contribution in [0.4, 0.5) is 0 Å². The van der Waals surface area contributed by atoms with Crippen LogP contribution in [0.2, 0.25) is 0 Å². The summed E-state index contributed by atoms with van der Waals surface area (Å²) in [6.07, 6.45) is 0.517. The molecule has 5 heteroatoms. The molecule has 2 aromatic rings. The van der Waals surface area contributed by atoms with E-state index in [0.717, 1.165) is 11.1 Å². The maximum absolute atomic E-state index is 11.7. The van der Waals surface area contributed by atoms with Crippen LogP contribution in [0.3, 0.4) is 0 Å². The average molecular weight is 257 g/mol. The van der Waals surface area contributed by atoms with E-state index in [9.17, 15) is 4.79 Å². The molecule has 2 rings (SSSR count). The first kappa shape index (κ1) is 13.1. The monoisotopic (exact) mass is 257 g/mol. The van der Waals surface area contributed by atoms with Gasteiger partial charge in [-0.2, -0.15) is 5.26 Å². The number of benzene rings is 1. The van der Waals surface area contributed by atoms with Crippen molar-refractivity contribution in [2.24, 2.45) is 5.92 Å². The van der Waals surface area contributed by atoms with E-state index >= 15 is 0 Å². The first-order valence-electron chi connectivity index (χ1n) is 6.17. The molecule has 0 aliphatic carbocycles. The molecule has 0 radical (unpaired) electrons. The van der Waals surface area contributed by atoms with Crippen molar-refractivity contribution in [2.45, 2.75) is 26.8 Å². The highest BCUT2D eigenvalue weighted by Gasteiger charge is 2.14. The fraction of sp³-hybridized carbons (Fsp3) is 0.357. The summed E-state index contributed by atoms with van der Waals surface area (Å²) < 4.78 is 5.43. The third-order valence-corrected chi connectivity index (χ3v) is 2.91. The Kier molecular flexibility index (Phi) is 3.81. The number of nitriles is 1. The van der Waals surface area contributed by atoms with Crippen molar-refractivity contribution in [3.63, 3.8) is 0 Å². The lowest BCUT2D eigenvalue weighted by Gasteiger charge is -2.07. The third-order valence-electron chi connectivity index (χ3n) is 2.91. The van der Waals surface area contributed by atoms with Crippen molar-refractivity contribution < 1.29 is 9.21 Å². The van der Waals surface area contributed by atoms with Crippen LogP contribution in [-0.4, -0.2) is 10.9 Å². The minimum atomic E-state index is -0.587. The molecule has 0 aliphatic rings. The SMILES string of the molecule is CCC(C#N)C(=O)NCc1ccc2nc(C)oc2c1. The Morgan fingerprint density at radius 2 is 2.37 bits per heavy atom. The Balaban J connectivity index is 2.05. The normalized spacial score (nSPS) is 12.1. The number of hydrogen-bond donors (Lipinski definition) is 1. The van der Waals surface area contributed by atoms with E-state index in [1.807, 2.05) is 31.2 Å². The van der Waals surface area contributed by atoms with Crippen LogP contribution in [0.15, 0.2) is 22.6 Å². The number of amides is 1. The molecule has 0 spiro atoms. The highest BCUT2D eigenvalue weighted by atomic mass is 16.3. The van der Waals surface area contributed by atoms with Crippen LogP contribution in [0, 0.1) is 24.2 Å². The molecular formula is C14H15N3O2. The molecule has 0 bridgehead atoms. The Hall–Kier alpha value is -2.35. The molecule has 1 amide bonds. The number of aromatic nitrogens is 1. The van der Waals surface area contributed by atoms with E-state index in [1.54, 1.807) is 6.92 Å². The number of carbonyl (C=O) groups excluding carboxylic acids is 1. The van der Waals surface area contributed by atoms with Crippen molar-refractivity contribution in [2.75, 3.05) is 0 Å². The Labute approximate surface area is 111 Å². The topological polar surface area (TPSA) is 78.9 Å². The summed E-state index contributed by atoms with van der Waals surface area (Å²) in [6.45, 7) is 3.99. The van der Waals surface area contributed by atoms with Crippen LogP contribution in [0.25, 0.3) is 11.1 Å². The molecule has 1 N–H and O–H groups in total. The van der Waals surface area contributed by atoms with Gasteiger partial charge in [0.1, 0.15) is 11.4 Å². The minimum Gasteiger partial charge on any atom is -0.441 e. The molecular weight excluding hydrogens is 242 g/mol. The minimum absolute atomic E-state index is 0.237. The number of hydrogen-bond acceptors (Lipinski definition) is 4. The second-order valence-electron chi connectivity index (χ2n) is 4.34. The summed E-state index contributed by atoms with van der Waals surface area (Å²) in [4.78, 5) is 15.9. The van der Waals surface area contributed by atoms with E-state index in [1.165, 1.54) is 0 Å². The van der Waals surface area contributed by atoms with Gasteiger partial charge in [0.15, 0.2) is 11.5 Å². The third kappa shape index (κ3) is 2.91. The summed E-state index contributed by atoms with van der Waals surface area (Å²) in [5, 5.41) is 11.6. The number of nitrogens with one attached hydrogen (secondary N) is 1. The van der Waals surface area contributed by atoms with Gasteiger partial charge in [-0.15, -0.1) is 0 Å². The molecule has 0 aliphatic heterocycles. The van der Waals surface area contributed by atoms with Gasteiger partial charge in [-0.3, -0.25) is 4.79 Å². The van der Waals surface area contributed by atoms with Crippen LogP contribution < -0.4 is 5.32 Å². The van der Waals surface area contributed by atoms with Gasteiger partial charge >= 0.3 is 0 Å². The Morgan fingerprint density at radius 1 is 1.58 bits per heavy atom. The van der Waals surface area contributed by atoms with Gasteiger partial charge in [-0.25, -0.2) is 4.98 Å². The molecule has 0 fully saturated rings. The van der Waals surface area contributed by atoms with Gasteiger partial charge in [0.2, 0.25) is 5.91 Å². The zero-order chi connectivity index (χ0) is 13.8. The molecule has 1 atom stereocenters. The maximum atomic E-state index is 11.7. The van der Waals surface area contributed by atoms with E-state index < -0.39 is 5.92 Å². The standard InChI is InChI=1S/C14H15N3O2/c1-3-11(7-15)14(18)16-8-10-4-5-12-13(6-10)19-9(2)17-12/h4-6,11H,3,8H2,1-2H3,(H,16,18). The van der Waals surface area contributed by atoms with Gasteiger partial charge in [-0.1, -0.05) is 13.0 Å². The molecule has 1 heterocycles. The average Bonchev–Trinajstić information content (AvgIpc) is 2.77. The van der Waals surface area contributed by atoms with Crippen molar-refractivity contribution in [1.82, 2.24) is 10.3 Å². The van der Waals surface area contributed by atoms with Gasteiger partial charge in [-0.05, 0) is 24.1 Å². The van der Waals surface area contributed by atoms with Crippen LogP contribution in [0.1, 0.15) is 24.8 Å². The van der Waals surface area contributed by atoms with E-state index in [4.69, 9.17) is 9.68 Å². The summed E-state index contributed by atoms with van der Waals surface area (Å²) in [6, 6.07) is 7.57. The largest absolute Gasteiger partial charge is 0.441 e. The number of aryl methyl sites for hydroxylation is 1. The lowest BCUT2D eigenvalue weighted by Crippen LogP contribution is -2.29. The quantitative estimate of drug-likeness (QED) is 0.911.